The van der Waals surface area contributed by atoms with Gasteiger partial charge in [-0.3, -0.25) is 9.69 Å². The van der Waals surface area contributed by atoms with Gasteiger partial charge < -0.3 is 5.32 Å². The summed E-state index contributed by atoms with van der Waals surface area (Å²) >= 11 is 4.32. The van der Waals surface area contributed by atoms with Crippen LogP contribution < -0.4 is 5.32 Å². The van der Waals surface area contributed by atoms with Crippen LogP contribution in [0.1, 0.15) is 6.42 Å². The number of likely N-dealkylation sites (N-methyl/N-ethyl adjacent to an activating group) is 2. The van der Waals surface area contributed by atoms with E-state index in [-0.39, 0.29) is 24.4 Å². The van der Waals surface area contributed by atoms with Crippen molar-refractivity contribution in [3.8, 4) is 0 Å². The minimum absolute atomic E-state index is 0. The lowest BCUT2D eigenvalue weighted by atomic mass is 10.2. The number of likely N-dealkylation sites (tertiary alicyclic amines) is 1. The average Bonchev–Trinajstić information content (AvgIpc) is 2.28. The molecule has 0 aromatic rings. The van der Waals surface area contributed by atoms with Crippen molar-refractivity contribution in [2.75, 3.05) is 20.6 Å². The van der Waals surface area contributed by atoms with Crippen molar-refractivity contribution in [2.45, 2.75) is 17.7 Å². The summed E-state index contributed by atoms with van der Waals surface area (Å²) in [5, 5.41) is 2.99. The van der Waals surface area contributed by atoms with Crippen LogP contribution in [0.15, 0.2) is 0 Å². The fourth-order valence-corrected chi connectivity index (χ4v) is 1.90. The van der Waals surface area contributed by atoms with Gasteiger partial charge in [0.05, 0.1) is 6.04 Å². The molecule has 12 heavy (non-hydrogen) atoms. The summed E-state index contributed by atoms with van der Waals surface area (Å²) in [4.78, 5) is 13.2. The first-order chi connectivity index (χ1) is 5.15. The molecule has 1 fully saturated rings. The number of nitrogens with zero attached hydrogens (tertiary/aromatic N) is 1. The molecule has 1 N–H and O–H groups in total. The van der Waals surface area contributed by atoms with Gasteiger partial charge in [-0.25, -0.2) is 0 Å². The molecule has 1 saturated heterocycles. The van der Waals surface area contributed by atoms with E-state index in [2.05, 4.69) is 17.9 Å². The van der Waals surface area contributed by atoms with Gasteiger partial charge in [0, 0.05) is 18.8 Å². The van der Waals surface area contributed by atoms with E-state index in [0.29, 0.717) is 5.25 Å². The maximum atomic E-state index is 11.2. The maximum absolute atomic E-state index is 11.2. The van der Waals surface area contributed by atoms with Crippen LogP contribution in [0, 0.1) is 0 Å². The predicted octanol–water partition coefficient (Wildman–Crippen LogP) is 0.157. The van der Waals surface area contributed by atoms with Gasteiger partial charge in [-0.15, -0.1) is 12.4 Å². The van der Waals surface area contributed by atoms with Crippen molar-refractivity contribution in [2.24, 2.45) is 0 Å². The van der Waals surface area contributed by atoms with Gasteiger partial charge in [-0.2, -0.15) is 12.6 Å². The molecule has 5 heteroatoms. The summed E-state index contributed by atoms with van der Waals surface area (Å²) in [7, 11) is 3.62. The van der Waals surface area contributed by atoms with Gasteiger partial charge in [0.25, 0.3) is 0 Å². The Balaban J connectivity index is 0.00000121. The number of hydrogen-bond acceptors (Lipinski definition) is 3. The maximum Gasteiger partial charge on any atom is 0.237 e. The molecule has 0 bridgehead atoms. The Kier molecular flexibility index (Phi) is 4.97. The van der Waals surface area contributed by atoms with Crippen molar-refractivity contribution < 1.29 is 4.79 Å². The molecule has 0 unspecified atom stereocenters. The van der Waals surface area contributed by atoms with E-state index in [1.54, 1.807) is 7.05 Å². The summed E-state index contributed by atoms with van der Waals surface area (Å²) < 4.78 is 0. The smallest absolute Gasteiger partial charge is 0.237 e. The summed E-state index contributed by atoms with van der Waals surface area (Å²) in [6, 6.07) is 0.0301. The third kappa shape index (κ3) is 2.54. The molecule has 72 valence electrons. The van der Waals surface area contributed by atoms with Crippen LogP contribution in [0.25, 0.3) is 0 Å². The molecule has 0 aromatic heterocycles. The lowest BCUT2D eigenvalue weighted by Crippen LogP contribution is -2.39. The minimum atomic E-state index is 0. The molecule has 0 spiro atoms. The van der Waals surface area contributed by atoms with Crippen molar-refractivity contribution in [3.05, 3.63) is 0 Å². The zero-order valence-corrected chi connectivity index (χ0v) is 8.99. The lowest BCUT2D eigenvalue weighted by Gasteiger charge is -2.16. The number of amides is 1. The molecule has 1 amide bonds. The molecular formula is C7H15ClN2OS. The van der Waals surface area contributed by atoms with Crippen molar-refractivity contribution in [1.29, 1.82) is 0 Å². The largest absolute Gasteiger partial charge is 0.358 e. The monoisotopic (exact) mass is 210 g/mol. The van der Waals surface area contributed by atoms with Crippen LogP contribution >= 0.6 is 25.0 Å². The Labute approximate surface area is 84.7 Å². The molecule has 0 aliphatic carbocycles. The van der Waals surface area contributed by atoms with Gasteiger partial charge in [0.2, 0.25) is 5.91 Å². The van der Waals surface area contributed by atoms with Gasteiger partial charge in [0.1, 0.15) is 0 Å². The first kappa shape index (κ1) is 12.1. The van der Waals surface area contributed by atoms with Crippen molar-refractivity contribution >= 4 is 30.9 Å². The molecule has 1 rings (SSSR count). The van der Waals surface area contributed by atoms with Gasteiger partial charge >= 0.3 is 0 Å². The van der Waals surface area contributed by atoms with E-state index in [9.17, 15) is 4.79 Å². The fraction of sp³-hybridized carbons (Fsp3) is 0.857. The van der Waals surface area contributed by atoms with Crippen molar-refractivity contribution in [1.82, 2.24) is 10.2 Å². The van der Waals surface area contributed by atoms with E-state index in [1.165, 1.54) is 0 Å². The molecule has 3 nitrogen and oxygen atoms in total. The Hall–Kier alpha value is 0.0700. The fourth-order valence-electron chi connectivity index (χ4n) is 1.45. The molecule has 0 aromatic carbocycles. The summed E-state index contributed by atoms with van der Waals surface area (Å²) in [5.74, 6) is 0.101. The van der Waals surface area contributed by atoms with Crippen LogP contribution in [-0.4, -0.2) is 42.7 Å². The first-order valence-corrected chi connectivity index (χ1v) is 4.26. The number of carbonyl (C=O) groups is 1. The van der Waals surface area contributed by atoms with E-state index in [1.807, 2.05) is 11.9 Å². The molecule has 2 atom stereocenters. The zero-order chi connectivity index (χ0) is 8.43. The second-order valence-corrected chi connectivity index (χ2v) is 3.69. The number of nitrogens with one attached hydrogen (secondary N) is 1. The number of rotatable bonds is 1. The highest BCUT2D eigenvalue weighted by Crippen LogP contribution is 2.19. The predicted molar refractivity (Wildman–Crippen MR) is 55.1 cm³/mol. The first-order valence-electron chi connectivity index (χ1n) is 3.75. The highest BCUT2D eigenvalue weighted by Gasteiger charge is 2.31. The van der Waals surface area contributed by atoms with Crippen LogP contribution in [0.3, 0.4) is 0 Å². The topological polar surface area (TPSA) is 32.3 Å². The van der Waals surface area contributed by atoms with E-state index >= 15 is 0 Å². The van der Waals surface area contributed by atoms with Crippen LogP contribution in [0.4, 0.5) is 0 Å². The normalized spacial score (nSPS) is 29.6. The second kappa shape index (κ2) is 4.94. The van der Waals surface area contributed by atoms with Crippen LogP contribution in [0.2, 0.25) is 0 Å². The molecular weight excluding hydrogens is 196 g/mol. The molecule has 1 aliphatic rings. The molecule has 1 aliphatic heterocycles. The average molecular weight is 211 g/mol. The highest BCUT2D eigenvalue weighted by atomic mass is 35.5. The number of halogens is 1. The Bertz CT molecular complexity index is 167. The van der Waals surface area contributed by atoms with E-state index in [4.69, 9.17) is 0 Å². The standard InChI is InChI=1S/C7H14N2OS.ClH/c1-8-7(10)6-3-5(11)4-9(6)2;/h5-6,11H,3-4H2,1-2H3,(H,8,10);1H/t5-,6-;/m0./s1. The number of carbonyl (C=O) groups excluding carboxylic acids is 1. The van der Waals surface area contributed by atoms with Crippen LogP contribution in [0.5, 0.6) is 0 Å². The number of hydrogen-bond donors (Lipinski definition) is 2. The third-order valence-electron chi connectivity index (χ3n) is 2.08. The second-order valence-electron chi connectivity index (χ2n) is 2.96. The highest BCUT2D eigenvalue weighted by molar-refractivity contribution is 7.81. The van der Waals surface area contributed by atoms with Gasteiger partial charge in [-0.1, -0.05) is 0 Å². The number of thiol groups is 1. The Morgan fingerprint density at radius 3 is 2.58 bits per heavy atom. The Morgan fingerprint density at radius 1 is 1.67 bits per heavy atom. The molecule has 0 saturated carbocycles. The summed E-state index contributed by atoms with van der Waals surface area (Å²) in [6.07, 6.45) is 0.860. The third-order valence-corrected chi connectivity index (χ3v) is 2.45. The lowest BCUT2D eigenvalue weighted by molar-refractivity contribution is -0.124. The summed E-state index contributed by atoms with van der Waals surface area (Å²) in [5.41, 5.74) is 0. The summed E-state index contributed by atoms with van der Waals surface area (Å²) in [6.45, 7) is 0.904. The quantitative estimate of drug-likeness (QED) is 0.605. The van der Waals surface area contributed by atoms with Gasteiger partial charge in [-0.05, 0) is 13.5 Å². The van der Waals surface area contributed by atoms with Crippen LogP contribution in [-0.2, 0) is 4.79 Å². The van der Waals surface area contributed by atoms with Crippen molar-refractivity contribution in [3.63, 3.8) is 0 Å². The van der Waals surface area contributed by atoms with E-state index < -0.39 is 0 Å². The van der Waals surface area contributed by atoms with E-state index in [0.717, 1.165) is 13.0 Å². The van der Waals surface area contributed by atoms with Gasteiger partial charge in [0.15, 0.2) is 0 Å². The minimum Gasteiger partial charge on any atom is -0.358 e. The zero-order valence-electron chi connectivity index (χ0n) is 7.28. The SMILES string of the molecule is CNC(=O)[C@@H]1C[C@H](S)CN1C.Cl. The molecule has 0 radical (unpaired) electrons. The Morgan fingerprint density at radius 2 is 2.25 bits per heavy atom. The molecule has 1 heterocycles.